The second-order valence-corrected chi connectivity index (χ2v) is 5.89. The van der Waals surface area contributed by atoms with E-state index in [1.807, 2.05) is 38.1 Å². The third-order valence-electron chi connectivity index (χ3n) is 3.07. The van der Waals surface area contributed by atoms with Crippen LogP contribution >= 0.6 is 0 Å². The molecular weight excluding hydrogens is 286 g/mol. The largest absolute Gasteiger partial charge is 0.588 e. The van der Waals surface area contributed by atoms with E-state index in [9.17, 15) is 9.35 Å². The van der Waals surface area contributed by atoms with Crippen molar-refractivity contribution in [2.75, 3.05) is 11.8 Å². The third-order valence-corrected chi connectivity index (χ3v) is 4.33. The highest BCUT2D eigenvalue weighted by molar-refractivity contribution is 7.92. The lowest BCUT2D eigenvalue weighted by molar-refractivity contribution is 0.0600. The summed E-state index contributed by atoms with van der Waals surface area (Å²) in [4.78, 5) is 12.1. The number of aryl methyl sites for hydroxylation is 2. The van der Waals surface area contributed by atoms with E-state index in [4.69, 9.17) is 0 Å². The molecule has 0 amide bonds. The van der Waals surface area contributed by atoms with Crippen LogP contribution in [0.4, 0.5) is 5.69 Å². The van der Waals surface area contributed by atoms with Crippen LogP contribution in [0.15, 0.2) is 47.4 Å². The topological polar surface area (TPSA) is 61.4 Å². The first-order valence-corrected chi connectivity index (χ1v) is 7.60. The number of carbonyl (C=O) groups excluding carboxylic acids is 1. The first-order valence-electron chi connectivity index (χ1n) is 6.45. The second-order valence-electron chi connectivity index (χ2n) is 4.71. The van der Waals surface area contributed by atoms with Crippen LogP contribution in [0.3, 0.4) is 0 Å². The van der Waals surface area contributed by atoms with Gasteiger partial charge in [0.15, 0.2) is 4.90 Å². The number of benzene rings is 2. The molecule has 2 aromatic rings. The number of hydrogen-bond acceptors (Lipinski definition) is 4. The number of rotatable bonds is 4. The number of anilines is 1. The van der Waals surface area contributed by atoms with Crippen molar-refractivity contribution in [3.05, 3.63) is 59.2 Å². The molecule has 0 saturated carbocycles. The fourth-order valence-electron chi connectivity index (χ4n) is 1.83. The van der Waals surface area contributed by atoms with Gasteiger partial charge in [0.1, 0.15) is 11.4 Å². The molecule has 0 saturated heterocycles. The zero-order valence-electron chi connectivity index (χ0n) is 12.2. The van der Waals surface area contributed by atoms with Crippen LogP contribution in [-0.4, -0.2) is 17.6 Å². The third kappa shape index (κ3) is 3.77. The number of hydrogen-bond donors (Lipinski definition) is 1. The van der Waals surface area contributed by atoms with E-state index in [0.717, 1.165) is 16.8 Å². The molecule has 0 heterocycles. The van der Waals surface area contributed by atoms with Gasteiger partial charge in [-0.05, 0) is 32.0 Å². The Labute approximate surface area is 127 Å². The van der Waals surface area contributed by atoms with Crippen molar-refractivity contribution in [2.24, 2.45) is 0 Å². The van der Waals surface area contributed by atoms with Gasteiger partial charge in [0, 0.05) is 11.6 Å². The molecule has 1 N–H and O–H groups in total. The fourth-order valence-corrected chi connectivity index (χ4v) is 2.88. The Morgan fingerprint density at radius 2 is 1.81 bits per heavy atom. The Morgan fingerprint density at radius 3 is 2.43 bits per heavy atom. The van der Waals surface area contributed by atoms with Gasteiger partial charge < -0.3 is 9.29 Å². The van der Waals surface area contributed by atoms with Crippen molar-refractivity contribution in [1.29, 1.82) is 0 Å². The number of carbonyl (C=O) groups is 1. The maximum absolute atomic E-state index is 12.4. The summed E-state index contributed by atoms with van der Waals surface area (Å²) in [5.41, 5.74) is 3.13. The van der Waals surface area contributed by atoms with Gasteiger partial charge in [-0.1, -0.05) is 23.8 Å². The van der Waals surface area contributed by atoms with Crippen molar-refractivity contribution in [2.45, 2.75) is 18.7 Å². The van der Waals surface area contributed by atoms with Gasteiger partial charge in [-0.25, -0.2) is 9.52 Å². The summed E-state index contributed by atoms with van der Waals surface area (Å²) in [6.45, 7) is 3.84. The van der Waals surface area contributed by atoms with Gasteiger partial charge in [0.2, 0.25) is 0 Å². The number of methoxy groups -OCH3 is 1. The van der Waals surface area contributed by atoms with Crippen molar-refractivity contribution < 1.29 is 14.1 Å². The molecule has 0 aliphatic carbocycles. The molecule has 0 fully saturated rings. The lowest BCUT2D eigenvalue weighted by atomic mass is 10.1. The summed E-state index contributed by atoms with van der Waals surface area (Å²) in [5.74, 6) is -0.441. The maximum Gasteiger partial charge on any atom is 0.338 e. The molecule has 1 unspecified atom stereocenters. The van der Waals surface area contributed by atoms with Crippen molar-refractivity contribution in [3.63, 3.8) is 0 Å². The Bertz CT molecular complexity index is 640. The van der Waals surface area contributed by atoms with E-state index in [0.29, 0.717) is 10.5 Å². The standard InChI is InChI=1S/C16H17NO3S/c1-11-4-8-14(9-5-11)17-21(19)15-10-13(16(18)20-3)7-6-12(15)2/h4-10,17H,1-3H3. The molecule has 2 aromatic carbocycles. The summed E-state index contributed by atoms with van der Waals surface area (Å²) < 4.78 is 20.0. The molecule has 0 bridgehead atoms. The Morgan fingerprint density at radius 1 is 1.14 bits per heavy atom. The average molecular weight is 303 g/mol. The maximum atomic E-state index is 12.4. The van der Waals surface area contributed by atoms with E-state index >= 15 is 0 Å². The molecule has 5 heteroatoms. The van der Waals surface area contributed by atoms with Crippen molar-refractivity contribution >= 4 is 23.0 Å². The molecular formula is C16H17NO3S. The minimum absolute atomic E-state index is 0.386. The summed E-state index contributed by atoms with van der Waals surface area (Å²) in [6.07, 6.45) is 0. The Hall–Kier alpha value is -1.98. The molecule has 0 aliphatic rings. The molecule has 0 spiro atoms. The van der Waals surface area contributed by atoms with Crippen LogP contribution in [0, 0.1) is 13.8 Å². The van der Waals surface area contributed by atoms with Gasteiger partial charge in [0.25, 0.3) is 0 Å². The van der Waals surface area contributed by atoms with Crippen LogP contribution in [0.5, 0.6) is 0 Å². The summed E-state index contributed by atoms with van der Waals surface area (Å²) in [5, 5.41) is 0. The zero-order valence-corrected chi connectivity index (χ0v) is 13.0. The van der Waals surface area contributed by atoms with Gasteiger partial charge in [-0.2, -0.15) is 0 Å². The summed E-state index contributed by atoms with van der Waals surface area (Å²) in [6, 6.07) is 12.6. The number of ether oxygens (including phenoxy) is 1. The van der Waals surface area contributed by atoms with Crippen LogP contribution in [-0.2, 0) is 16.1 Å². The average Bonchev–Trinajstić information content (AvgIpc) is 2.49. The molecule has 0 aromatic heterocycles. The highest BCUT2D eigenvalue weighted by Gasteiger charge is 2.18. The molecule has 2 rings (SSSR count). The van der Waals surface area contributed by atoms with Gasteiger partial charge in [-0.3, -0.25) is 0 Å². The molecule has 1 atom stereocenters. The van der Waals surface area contributed by atoms with E-state index in [1.165, 1.54) is 7.11 Å². The van der Waals surface area contributed by atoms with E-state index in [-0.39, 0.29) is 0 Å². The molecule has 21 heavy (non-hydrogen) atoms. The lowest BCUT2D eigenvalue weighted by Gasteiger charge is -2.14. The van der Waals surface area contributed by atoms with Crippen molar-refractivity contribution in [1.82, 2.24) is 0 Å². The first kappa shape index (κ1) is 15.4. The monoisotopic (exact) mass is 303 g/mol. The lowest BCUT2D eigenvalue weighted by Crippen LogP contribution is -2.15. The molecule has 0 radical (unpaired) electrons. The van der Waals surface area contributed by atoms with Crippen LogP contribution in [0.25, 0.3) is 0 Å². The van der Waals surface area contributed by atoms with Gasteiger partial charge in [0.05, 0.1) is 18.4 Å². The van der Waals surface area contributed by atoms with E-state index < -0.39 is 17.3 Å². The minimum atomic E-state index is -1.44. The smallest absolute Gasteiger partial charge is 0.338 e. The zero-order chi connectivity index (χ0) is 15.4. The summed E-state index contributed by atoms with van der Waals surface area (Å²) in [7, 11) is 1.32. The fraction of sp³-hybridized carbons (Fsp3) is 0.188. The number of nitrogens with one attached hydrogen (secondary N) is 1. The highest BCUT2D eigenvalue weighted by Crippen LogP contribution is 2.21. The predicted octanol–water partition coefficient (Wildman–Crippen LogP) is 3.22. The Kier molecular flexibility index (Phi) is 4.88. The van der Waals surface area contributed by atoms with Crippen molar-refractivity contribution in [3.8, 4) is 0 Å². The predicted molar refractivity (Wildman–Crippen MR) is 83.7 cm³/mol. The minimum Gasteiger partial charge on any atom is -0.588 e. The van der Waals surface area contributed by atoms with Gasteiger partial charge in [-0.15, -0.1) is 0 Å². The van der Waals surface area contributed by atoms with Crippen LogP contribution in [0.1, 0.15) is 21.5 Å². The van der Waals surface area contributed by atoms with Gasteiger partial charge >= 0.3 is 5.97 Å². The van der Waals surface area contributed by atoms with E-state index in [2.05, 4.69) is 9.46 Å². The first-order chi connectivity index (χ1) is 10.0. The highest BCUT2D eigenvalue weighted by atomic mass is 32.2. The normalized spacial score (nSPS) is 11.8. The SMILES string of the molecule is COC(=O)c1ccc(C)c([S+]([O-])Nc2ccc(C)cc2)c1. The quantitative estimate of drug-likeness (QED) is 0.696. The van der Waals surface area contributed by atoms with Crippen LogP contribution < -0.4 is 4.72 Å². The van der Waals surface area contributed by atoms with Crippen LogP contribution in [0.2, 0.25) is 0 Å². The molecule has 110 valence electrons. The Balaban J connectivity index is 2.23. The van der Waals surface area contributed by atoms with E-state index in [1.54, 1.807) is 18.2 Å². The number of esters is 1. The second kappa shape index (κ2) is 6.65. The molecule has 0 aliphatic heterocycles. The molecule has 4 nitrogen and oxygen atoms in total. The summed E-state index contributed by atoms with van der Waals surface area (Å²) >= 11 is -1.44.